The predicted molar refractivity (Wildman–Crippen MR) is 77.1 cm³/mol. The molecule has 0 aliphatic carbocycles. The number of likely N-dealkylation sites (tertiary alicyclic amines) is 1. The van der Waals surface area contributed by atoms with Crippen LogP contribution in [0.15, 0.2) is 0 Å². The van der Waals surface area contributed by atoms with Gasteiger partial charge in [0.1, 0.15) is 5.60 Å². The first kappa shape index (κ1) is 16.2. The molecule has 3 atom stereocenters. The Hall–Kier alpha value is -0.810. The van der Waals surface area contributed by atoms with Crippen LogP contribution in [0.5, 0.6) is 0 Å². The van der Waals surface area contributed by atoms with E-state index >= 15 is 0 Å². The minimum atomic E-state index is -0.469. The van der Waals surface area contributed by atoms with E-state index in [2.05, 4.69) is 17.1 Å². The van der Waals surface area contributed by atoms with Crippen LogP contribution in [0.4, 0.5) is 4.79 Å². The minimum Gasteiger partial charge on any atom is -0.444 e. The van der Waals surface area contributed by atoms with Gasteiger partial charge < -0.3 is 15.8 Å². The lowest BCUT2D eigenvalue weighted by atomic mass is 10.1. The van der Waals surface area contributed by atoms with Gasteiger partial charge in [0.15, 0.2) is 0 Å². The third-order valence-corrected chi connectivity index (χ3v) is 3.59. The van der Waals surface area contributed by atoms with Crippen molar-refractivity contribution in [2.45, 2.75) is 71.2 Å². The molecule has 0 spiro atoms. The van der Waals surface area contributed by atoms with E-state index in [-0.39, 0.29) is 18.2 Å². The summed E-state index contributed by atoms with van der Waals surface area (Å²) in [7, 11) is 0. The van der Waals surface area contributed by atoms with Gasteiger partial charge in [-0.25, -0.2) is 4.79 Å². The van der Waals surface area contributed by atoms with Crippen LogP contribution in [0, 0.1) is 0 Å². The molecule has 0 radical (unpaired) electrons. The Kier molecular flexibility index (Phi) is 5.62. The Labute approximate surface area is 116 Å². The largest absolute Gasteiger partial charge is 0.444 e. The van der Waals surface area contributed by atoms with Crippen molar-refractivity contribution < 1.29 is 9.53 Å². The van der Waals surface area contributed by atoms with Crippen LogP contribution in [0.1, 0.15) is 47.5 Å². The summed E-state index contributed by atoms with van der Waals surface area (Å²) in [6.07, 6.45) is 2.04. The molecule has 1 rings (SSSR count). The van der Waals surface area contributed by atoms with E-state index in [0.717, 1.165) is 6.54 Å². The zero-order chi connectivity index (χ0) is 14.6. The summed E-state index contributed by atoms with van der Waals surface area (Å²) in [4.78, 5) is 14.2. The Morgan fingerprint density at radius 1 is 1.53 bits per heavy atom. The Bertz CT molecular complexity index is 302. The van der Waals surface area contributed by atoms with E-state index in [1.54, 1.807) is 0 Å². The van der Waals surface area contributed by atoms with Gasteiger partial charge in [0.05, 0.1) is 0 Å². The number of amides is 1. The Morgan fingerprint density at radius 3 is 2.58 bits per heavy atom. The van der Waals surface area contributed by atoms with E-state index in [0.29, 0.717) is 12.6 Å². The molecule has 5 heteroatoms. The molecule has 1 aliphatic rings. The zero-order valence-corrected chi connectivity index (χ0v) is 12.9. The van der Waals surface area contributed by atoms with E-state index < -0.39 is 5.60 Å². The zero-order valence-electron chi connectivity index (χ0n) is 12.9. The normalized spacial score (nSPS) is 24.0. The lowest BCUT2D eigenvalue weighted by molar-refractivity contribution is 0.0467. The molecule has 1 amide bonds. The monoisotopic (exact) mass is 271 g/mol. The quantitative estimate of drug-likeness (QED) is 0.817. The maximum atomic E-state index is 11.8. The molecular weight excluding hydrogens is 242 g/mol. The molecule has 1 aliphatic heterocycles. The van der Waals surface area contributed by atoms with Gasteiger partial charge in [-0.05, 0) is 54.0 Å². The summed E-state index contributed by atoms with van der Waals surface area (Å²) in [5.41, 5.74) is 5.42. The second-order valence-corrected chi connectivity index (χ2v) is 6.47. The highest BCUT2D eigenvalue weighted by atomic mass is 16.6. The lowest BCUT2D eigenvalue weighted by Gasteiger charge is -2.35. The number of carbonyl (C=O) groups excluding carboxylic acids is 1. The van der Waals surface area contributed by atoms with Gasteiger partial charge in [-0.15, -0.1) is 0 Å². The van der Waals surface area contributed by atoms with Gasteiger partial charge in [0.2, 0.25) is 0 Å². The van der Waals surface area contributed by atoms with Crippen molar-refractivity contribution >= 4 is 6.09 Å². The van der Waals surface area contributed by atoms with Crippen molar-refractivity contribution in [2.24, 2.45) is 5.73 Å². The summed E-state index contributed by atoms with van der Waals surface area (Å²) >= 11 is 0. The first-order chi connectivity index (χ1) is 8.74. The molecule has 5 nitrogen and oxygen atoms in total. The number of nitrogens with zero attached hydrogens (tertiary/aromatic N) is 1. The summed E-state index contributed by atoms with van der Waals surface area (Å²) in [6.45, 7) is 11.4. The van der Waals surface area contributed by atoms with Crippen molar-refractivity contribution in [3.63, 3.8) is 0 Å². The van der Waals surface area contributed by atoms with Crippen LogP contribution in [0.25, 0.3) is 0 Å². The maximum Gasteiger partial charge on any atom is 0.407 e. The summed E-state index contributed by atoms with van der Waals surface area (Å²) in [5.74, 6) is 0. The standard InChI is InChI=1S/C14H29N3O2/c1-10-7-6-8-17(10)12(9-15)11(2)16-13(18)19-14(3,4)5/h10-12H,6-9,15H2,1-5H3,(H,16,18). The fourth-order valence-corrected chi connectivity index (χ4v) is 2.66. The number of hydrogen-bond donors (Lipinski definition) is 2. The average Bonchev–Trinajstić information content (AvgIpc) is 2.63. The molecule has 1 fully saturated rings. The van der Waals surface area contributed by atoms with Crippen molar-refractivity contribution in [3.8, 4) is 0 Å². The average molecular weight is 271 g/mol. The highest BCUT2D eigenvalue weighted by Gasteiger charge is 2.31. The molecule has 3 N–H and O–H groups in total. The van der Waals surface area contributed by atoms with Gasteiger partial charge in [-0.3, -0.25) is 4.90 Å². The van der Waals surface area contributed by atoms with Crippen LogP contribution < -0.4 is 11.1 Å². The first-order valence-corrected chi connectivity index (χ1v) is 7.20. The van der Waals surface area contributed by atoms with Gasteiger partial charge >= 0.3 is 6.09 Å². The van der Waals surface area contributed by atoms with Crippen LogP contribution in [-0.4, -0.2) is 47.8 Å². The molecule has 3 unspecified atom stereocenters. The van der Waals surface area contributed by atoms with Gasteiger partial charge in [0.25, 0.3) is 0 Å². The molecule has 0 saturated carbocycles. The molecule has 0 aromatic heterocycles. The second-order valence-electron chi connectivity index (χ2n) is 6.47. The minimum absolute atomic E-state index is 0.0135. The van der Waals surface area contributed by atoms with E-state index in [1.807, 2.05) is 27.7 Å². The molecule has 19 heavy (non-hydrogen) atoms. The molecule has 1 saturated heterocycles. The fourth-order valence-electron chi connectivity index (χ4n) is 2.66. The summed E-state index contributed by atoms with van der Waals surface area (Å²) in [6, 6.07) is 0.696. The number of nitrogens with two attached hydrogens (primary N) is 1. The number of rotatable bonds is 4. The highest BCUT2D eigenvalue weighted by molar-refractivity contribution is 5.68. The second kappa shape index (κ2) is 6.57. The van der Waals surface area contributed by atoms with Gasteiger partial charge in [0, 0.05) is 24.7 Å². The molecule has 0 aromatic carbocycles. The number of hydrogen-bond acceptors (Lipinski definition) is 4. The third kappa shape index (κ3) is 4.99. The van der Waals surface area contributed by atoms with Crippen molar-refractivity contribution in [2.75, 3.05) is 13.1 Å². The van der Waals surface area contributed by atoms with Crippen LogP contribution in [-0.2, 0) is 4.74 Å². The SMILES string of the molecule is CC(NC(=O)OC(C)(C)C)C(CN)N1CCCC1C. The molecular formula is C14H29N3O2. The van der Waals surface area contributed by atoms with Crippen LogP contribution in [0.2, 0.25) is 0 Å². The van der Waals surface area contributed by atoms with E-state index in [9.17, 15) is 4.79 Å². The molecule has 0 aromatic rings. The van der Waals surface area contributed by atoms with Crippen molar-refractivity contribution in [3.05, 3.63) is 0 Å². The fraction of sp³-hybridized carbons (Fsp3) is 0.929. The van der Waals surface area contributed by atoms with Gasteiger partial charge in [-0.1, -0.05) is 0 Å². The first-order valence-electron chi connectivity index (χ1n) is 7.20. The number of alkyl carbamates (subject to hydrolysis) is 1. The van der Waals surface area contributed by atoms with Crippen LogP contribution in [0.3, 0.4) is 0 Å². The number of nitrogens with one attached hydrogen (secondary N) is 1. The Morgan fingerprint density at radius 2 is 2.16 bits per heavy atom. The topological polar surface area (TPSA) is 67.6 Å². The molecule has 112 valence electrons. The number of ether oxygens (including phenoxy) is 1. The lowest BCUT2D eigenvalue weighted by Crippen LogP contribution is -2.55. The van der Waals surface area contributed by atoms with E-state index in [1.165, 1.54) is 12.8 Å². The van der Waals surface area contributed by atoms with Gasteiger partial charge in [-0.2, -0.15) is 0 Å². The van der Waals surface area contributed by atoms with E-state index in [4.69, 9.17) is 10.5 Å². The summed E-state index contributed by atoms with van der Waals surface area (Å²) in [5, 5.41) is 2.90. The summed E-state index contributed by atoms with van der Waals surface area (Å²) < 4.78 is 5.28. The highest BCUT2D eigenvalue weighted by Crippen LogP contribution is 2.21. The predicted octanol–water partition coefficient (Wildman–Crippen LogP) is 1.71. The molecule has 0 bridgehead atoms. The third-order valence-electron chi connectivity index (χ3n) is 3.59. The Balaban J connectivity index is 2.54. The number of carbonyl (C=O) groups is 1. The molecule has 1 heterocycles. The van der Waals surface area contributed by atoms with Crippen molar-refractivity contribution in [1.82, 2.24) is 10.2 Å². The maximum absolute atomic E-state index is 11.8. The van der Waals surface area contributed by atoms with Crippen LogP contribution >= 0.6 is 0 Å². The van der Waals surface area contributed by atoms with Crippen molar-refractivity contribution in [1.29, 1.82) is 0 Å². The smallest absolute Gasteiger partial charge is 0.407 e.